The molecule has 0 aliphatic rings. The van der Waals surface area contributed by atoms with E-state index in [4.69, 9.17) is 47.7 Å². The number of ether oxygens (including phenoxy) is 9. The number of rotatable bonds is 29. The Labute approximate surface area is 447 Å². The fourth-order valence-electron chi connectivity index (χ4n) is 5.49. The summed E-state index contributed by atoms with van der Waals surface area (Å²) in [5.41, 5.74) is -3.24. The van der Waals surface area contributed by atoms with Crippen molar-refractivity contribution in [3.05, 3.63) is 218 Å². The minimum atomic E-state index is -1.50. The van der Waals surface area contributed by atoms with Crippen LogP contribution in [0.15, 0.2) is 156 Å². The quantitative estimate of drug-likeness (QED) is 0.0385. The average molecular weight is 1080 g/mol. The molecule has 0 aliphatic carbocycles. The Balaban J connectivity index is 0.000000594. The SMILES string of the molecule is C=CCOC(=O)c1cc(C(=O)OCC=C)c(C(=O)OCC=C)cc1C(=O)O.C=CCOC(=O)c1cc(C(=O)OCC=C)c(C(=O)OCC=C)cc1C(=O)OCC=C.C=CCOC(=O)c1ccc(C(=O)O)cc1C(=O)OCC=C. The molecule has 2 N–H and O–H groups in total. The molecule has 0 unspecified atom stereocenters. The Bertz CT molecular complexity index is 2710. The molecule has 3 aromatic rings. The predicted molar refractivity (Wildman–Crippen MR) is 278 cm³/mol. The summed E-state index contributed by atoms with van der Waals surface area (Å²) in [6, 6.07) is 7.31. The lowest BCUT2D eigenvalue weighted by atomic mass is 9.98. The van der Waals surface area contributed by atoms with Crippen LogP contribution in [0.1, 0.15) is 114 Å². The van der Waals surface area contributed by atoms with Gasteiger partial charge in [-0.15, -0.1) is 0 Å². The van der Waals surface area contributed by atoms with Crippen LogP contribution in [0, 0.1) is 0 Å². The monoisotopic (exact) mass is 1080 g/mol. The van der Waals surface area contributed by atoms with Gasteiger partial charge in [-0.2, -0.15) is 0 Å². The van der Waals surface area contributed by atoms with Crippen LogP contribution in [0.4, 0.5) is 0 Å². The third-order valence-electron chi connectivity index (χ3n) is 8.78. The molecule has 0 heterocycles. The summed E-state index contributed by atoms with van der Waals surface area (Å²) in [7, 11) is 0. The van der Waals surface area contributed by atoms with Gasteiger partial charge in [0.2, 0.25) is 0 Å². The normalized spacial score (nSPS) is 9.59. The second kappa shape index (κ2) is 35.6. The smallest absolute Gasteiger partial charge is 0.339 e. The summed E-state index contributed by atoms with van der Waals surface area (Å²) in [5.74, 6) is -11.0. The zero-order chi connectivity index (χ0) is 58.7. The number of aromatic carboxylic acids is 2. The number of esters is 9. The van der Waals surface area contributed by atoms with Gasteiger partial charge in [0.05, 0.1) is 61.2 Å². The number of benzene rings is 3. The van der Waals surface area contributed by atoms with Crippen molar-refractivity contribution in [2.45, 2.75) is 0 Å². The van der Waals surface area contributed by atoms with E-state index in [9.17, 15) is 57.8 Å². The van der Waals surface area contributed by atoms with Gasteiger partial charge in [0.25, 0.3) is 0 Å². The number of carbonyl (C=O) groups excluding carboxylic acids is 9. The molecule has 3 aromatic carbocycles. The molecule has 3 rings (SSSR count). The number of hydrogen-bond donors (Lipinski definition) is 2. The van der Waals surface area contributed by atoms with Gasteiger partial charge < -0.3 is 52.8 Å². The van der Waals surface area contributed by atoms with Gasteiger partial charge in [0.15, 0.2) is 0 Å². The van der Waals surface area contributed by atoms with Gasteiger partial charge >= 0.3 is 65.7 Å². The minimum Gasteiger partial charge on any atom is -0.478 e. The van der Waals surface area contributed by atoms with Crippen molar-refractivity contribution in [1.29, 1.82) is 0 Å². The Morgan fingerprint density at radius 2 is 0.449 bits per heavy atom. The lowest BCUT2D eigenvalue weighted by Crippen LogP contribution is -2.20. The molecule has 0 fully saturated rings. The standard InChI is InChI=1S/C22H22O8.C19H18O8.C15H14O6/c1-5-9-27-19(23)15-13-17(21(25)29-11-7-3)18(22(26)30-12-8-4)14-16(15)20(24)28-10-6-2;1-4-7-25-17(22)13-11-15(19(24)27-9-6-3)14(10-12(13)16(20)21)18(23)26-8-5-2;1-3-7-20-14(18)11-6-5-10(13(16)17)9-12(11)15(19)21-8-4-2/h5-8,13-14H,1-4,9-12H2;4-6,10-11H,1-3,7-9H2,(H,20,21);3-6,9H,1-2,7-8H2,(H,16,17). The molecule has 0 amide bonds. The predicted octanol–water partition coefficient (Wildman–Crippen LogP) is 7.54. The Kier molecular flexibility index (Phi) is 29.9. The Morgan fingerprint density at radius 1 is 0.269 bits per heavy atom. The molecule has 0 saturated heterocycles. The van der Waals surface area contributed by atoms with Crippen molar-refractivity contribution in [3.63, 3.8) is 0 Å². The summed E-state index contributed by atoms with van der Waals surface area (Å²) < 4.78 is 44.1. The molecular formula is C56H54O22. The highest BCUT2D eigenvalue weighted by molar-refractivity contribution is 6.12. The summed E-state index contributed by atoms with van der Waals surface area (Å²) in [6.07, 6.45) is 11.9. The van der Waals surface area contributed by atoms with Crippen molar-refractivity contribution >= 4 is 65.7 Å². The van der Waals surface area contributed by atoms with Crippen LogP contribution in [-0.4, -0.2) is 135 Å². The molecule has 22 nitrogen and oxygen atoms in total. The highest BCUT2D eigenvalue weighted by Gasteiger charge is 2.30. The molecular weight excluding hydrogens is 1020 g/mol. The maximum absolute atomic E-state index is 12.4. The van der Waals surface area contributed by atoms with E-state index in [1.165, 1.54) is 66.8 Å². The van der Waals surface area contributed by atoms with Gasteiger partial charge in [-0.1, -0.05) is 114 Å². The van der Waals surface area contributed by atoms with Crippen molar-refractivity contribution in [2.75, 3.05) is 59.5 Å². The third kappa shape index (κ3) is 20.8. The molecule has 0 spiro atoms. The van der Waals surface area contributed by atoms with E-state index in [2.05, 4.69) is 59.2 Å². The van der Waals surface area contributed by atoms with E-state index in [0.717, 1.165) is 30.3 Å². The van der Waals surface area contributed by atoms with Gasteiger partial charge in [0.1, 0.15) is 59.5 Å². The van der Waals surface area contributed by atoms with Crippen molar-refractivity contribution < 1.29 is 106 Å². The minimum absolute atomic E-state index is 0.0271. The summed E-state index contributed by atoms with van der Waals surface area (Å²) in [6.45, 7) is 29.6. The van der Waals surface area contributed by atoms with Crippen LogP contribution in [0.2, 0.25) is 0 Å². The molecule has 22 heteroatoms. The fourth-order valence-corrected chi connectivity index (χ4v) is 5.49. The van der Waals surface area contributed by atoms with Crippen LogP contribution in [-0.2, 0) is 42.6 Å². The number of carbonyl (C=O) groups is 11. The van der Waals surface area contributed by atoms with Gasteiger partial charge in [-0.05, 0) is 42.5 Å². The van der Waals surface area contributed by atoms with Crippen LogP contribution in [0.3, 0.4) is 0 Å². The van der Waals surface area contributed by atoms with E-state index < -0.39 is 76.8 Å². The number of carboxylic acids is 2. The number of carboxylic acid groups (broad SMARTS) is 2. The molecule has 0 saturated carbocycles. The van der Waals surface area contributed by atoms with E-state index in [0.29, 0.717) is 0 Å². The molecule has 78 heavy (non-hydrogen) atoms. The van der Waals surface area contributed by atoms with Crippen LogP contribution in [0.5, 0.6) is 0 Å². The lowest BCUT2D eigenvalue weighted by Gasteiger charge is -2.14. The first-order chi connectivity index (χ1) is 37.3. The Morgan fingerprint density at radius 3 is 0.641 bits per heavy atom. The van der Waals surface area contributed by atoms with Crippen LogP contribution < -0.4 is 0 Å². The molecule has 0 bridgehead atoms. The van der Waals surface area contributed by atoms with Crippen LogP contribution in [0.25, 0.3) is 0 Å². The first-order valence-electron chi connectivity index (χ1n) is 22.3. The topological polar surface area (TPSA) is 311 Å². The average Bonchev–Trinajstić information content (AvgIpc) is 3.44. The maximum atomic E-state index is 12.4. The summed E-state index contributed by atoms with van der Waals surface area (Å²) in [5, 5.41) is 18.3. The molecule has 410 valence electrons. The lowest BCUT2D eigenvalue weighted by molar-refractivity contribution is 0.0487. The van der Waals surface area contributed by atoms with Gasteiger partial charge in [0, 0.05) is 0 Å². The summed E-state index contributed by atoms with van der Waals surface area (Å²) in [4.78, 5) is 133. The molecule has 0 aromatic heterocycles. The van der Waals surface area contributed by atoms with E-state index >= 15 is 0 Å². The third-order valence-corrected chi connectivity index (χ3v) is 8.78. The van der Waals surface area contributed by atoms with Crippen molar-refractivity contribution in [2.24, 2.45) is 0 Å². The fraction of sp³-hybridized carbons (Fsp3) is 0.161. The zero-order valence-corrected chi connectivity index (χ0v) is 42.0. The second-order valence-corrected chi connectivity index (χ2v) is 14.2. The van der Waals surface area contributed by atoms with Crippen molar-refractivity contribution in [3.8, 4) is 0 Å². The largest absolute Gasteiger partial charge is 0.478 e. The first kappa shape index (κ1) is 65.5. The van der Waals surface area contributed by atoms with Crippen LogP contribution >= 0.6 is 0 Å². The second-order valence-electron chi connectivity index (χ2n) is 14.2. The van der Waals surface area contributed by atoms with E-state index in [-0.39, 0.29) is 110 Å². The molecule has 0 aliphatic heterocycles. The maximum Gasteiger partial charge on any atom is 0.339 e. The van der Waals surface area contributed by atoms with E-state index in [1.54, 1.807) is 0 Å². The molecule has 0 radical (unpaired) electrons. The highest BCUT2D eigenvalue weighted by Crippen LogP contribution is 2.24. The zero-order valence-electron chi connectivity index (χ0n) is 42.0. The van der Waals surface area contributed by atoms with Gasteiger partial charge in [-0.3, -0.25) is 0 Å². The number of hydrogen-bond acceptors (Lipinski definition) is 20. The molecule has 0 atom stereocenters. The van der Waals surface area contributed by atoms with Crippen molar-refractivity contribution in [1.82, 2.24) is 0 Å². The highest BCUT2D eigenvalue weighted by atomic mass is 16.6. The Hall–Kier alpha value is -10.5. The first-order valence-corrected chi connectivity index (χ1v) is 22.3. The van der Waals surface area contributed by atoms with Gasteiger partial charge in [-0.25, -0.2) is 52.7 Å². The van der Waals surface area contributed by atoms with E-state index in [1.807, 2.05) is 0 Å². The summed E-state index contributed by atoms with van der Waals surface area (Å²) >= 11 is 0.